The molecule has 0 unspecified atom stereocenters. The number of hydrogen-bond donors (Lipinski definition) is 1. The second-order valence-corrected chi connectivity index (χ2v) is 5.84. The second-order valence-electron chi connectivity index (χ2n) is 4.92. The summed E-state index contributed by atoms with van der Waals surface area (Å²) in [5.41, 5.74) is 6.31. The molecule has 0 aliphatic rings. The number of anilines is 1. The minimum Gasteiger partial charge on any atom is -0.459 e. The summed E-state index contributed by atoms with van der Waals surface area (Å²) < 4.78 is 32.9. The molecule has 2 N–H and O–H groups in total. The highest BCUT2D eigenvalue weighted by Crippen LogP contribution is 2.36. The van der Waals surface area contributed by atoms with Crippen molar-refractivity contribution in [2.24, 2.45) is 0 Å². The third-order valence-corrected chi connectivity index (χ3v) is 3.72. The highest BCUT2D eigenvalue weighted by atomic mass is 32.1. The fourth-order valence-electron chi connectivity index (χ4n) is 1.91. The molecule has 6 heteroatoms. The first-order valence-electron chi connectivity index (χ1n) is 6.35. The fourth-order valence-corrected chi connectivity index (χ4v) is 2.71. The average molecular weight is 311 g/mol. The van der Waals surface area contributed by atoms with E-state index < -0.39 is 17.6 Å². The van der Waals surface area contributed by atoms with E-state index in [2.05, 4.69) is 0 Å². The summed E-state index contributed by atoms with van der Waals surface area (Å²) in [6.45, 7) is 4.87. The number of nitrogen functional groups attached to an aromatic ring is 1. The molecule has 0 atom stereocenters. The zero-order chi connectivity index (χ0) is 15.7. The number of hydrogen-bond acceptors (Lipinski definition) is 4. The molecule has 3 nitrogen and oxygen atoms in total. The number of nitrogens with two attached hydrogens (primary N) is 1. The van der Waals surface area contributed by atoms with Gasteiger partial charge in [0.15, 0.2) is 0 Å². The van der Waals surface area contributed by atoms with Crippen LogP contribution in [0.4, 0.5) is 13.8 Å². The van der Waals surface area contributed by atoms with Crippen LogP contribution in [0.25, 0.3) is 11.1 Å². The van der Waals surface area contributed by atoms with Gasteiger partial charge >= 0.3 is 5.97 Å². The molecule has 0 amide bonds. The summed E-state index contributed by atoms with van der Waals surface area (Å²) in [4.78, 5) is 12.1. The van der Waals surface area contributed by atoms with Crippen LogP contribution in [0.1, 0.15) is 29.8 Å². The molecule has 0 fully saturated rings. The Morgan fingerprint density at radius 3 is 2.52 bits per heavy atom. The van der Waals surface area contributed by atoms with Crippen LogP contribution >= 0.6 is 11.3 Å². The molecule has 0 saturated carbocycles. The third-order valence-electron chi connectivity index (χ3n) is 2.90. The lowest BCUT2D eigenvalue weighted by molar-refractivity contribution is 0.0380. The standard InChI is InChI=1S/C15H15F2NO2S/c1-7(2)20-15(19)13-10(6-21-14(13)18)9-5-11(16)8(3)4-12(9)17/h4-7H,18H2,1-3H3. The molecule has 1 aromatic heterocycles. The van der Waals surface area contributed by atoms with E-state index in [1.807, 2.05) is 0 Å². The summed E-state index contributed by atoms with van der Waals surface area (Å²) in [6, 6.07) is 2.16. The zero-order valence-electron chi connectivity index (χ0n) is 11.9. The number of ether oxygens (including phenoxy) is 1. The van der Waals surface area contributed by atoms with Crippen molar-refractivity contribution in [2.45, 2.75) is 26.9 Å². The van der Waals surface area contributed by atoms with Crippen molar-refractivity contribution in [3.63, 3.8) is 0 Å². The van der Waals surface area contributed by atoms with Gasteiger partial charge in [0.05, 0.1) is 6.10 Å². The Morgan fingerprint density at radius 2 is 1.90 bits per heavy atom. The molecule has 0 aliphatic carbocycles. The van der Waals surface area contributed by atoms with E-state index in [9.17, 15) is 13.6 Å². The number of esters is 1. The highest BCUT2D eigenvalue weighted by molar-refractivity contribution is 7.14. The van der Waals surface area contributed by atoms with Crippen molar-refractivity contribution in [1.29, 1.82) is 0 Å². The number of thiophene rings is 1. The molecule has 112 valence electrons. The van der Waals surface area contributed by atoms with Crippen molar-refractivity contribution in [3.05, 3.63) is 40.3 Å². The van der Waals surface area contributed by atoms with Crippen molar-refractivity contribution in [1.82, 2.24) is 0 Å². The topological polar surface area (TPSA) is 52.3 Å². The van der Waals surface area contributed by atoms with Gasteiger partial charge in [0, 0.05) is 16.5 Å². The summed E-state index contributed by atoms with van der Waals surface area (Å²) in [7, 11) is 0. The molecular formula is C15H15F2NO2S. The Morgan fingerprint density at radius 1 is 1.24 bits per heavy atom. The van der Waals surface area contributed by atoms with Crippen LogP contribution in [0.3, 0.4) is 0 Å². The van der Waals surface area contributed by atoms with Crippen LogP contribution in [-0.4, -0.2) is 12.1 Å². The molecule has 0 aliphatic heterocycles. The lowest BCUT2D eigenvalue weighted by Crippen LogP contribution is -2.13. The van der Waals surface area contributed by atoms with E-state index in [1.165, 1.54) is 12.3 Å². The maximum atomic E-state index is 14.1. The van der Waals surface area contributed by atoms with Crippen molar-refractivity contribution >= 4 is 22.3 Å². The molecule has 21 heavy (non-hydrogen) atoms. The van der Waals surface area contributed by atoms with Crippen LogP contribution in [-0.2, 0) is 4.74 Å². The van der Waals surface area contributed by atoms with Crippen molar-refractivity contribution in [2.75, 3.05) is 5.73 Å². The first-order valence-corrected chi connectivity index (χ1v) is 7.23. The normalized spacial score (nSPS) is 11.0. The number of benzene rings is 1. The molecule has 0 bridgehead atoms. The predicted octanol–water partition coefficient (Wildman–Crippen LogP) is 4.15. The van der Waals surface area contributed by atoms with Gasteiger partial charge in [0.1, 0.15) is 22.2 Å². The zero-order valence-corrected chi connectivity index (χ0v) is 12.7. The van der Waals surface area contributed by atoms with Crippen molar-refractivity contribution in [3.8, 4) is 11.1 Å². The Hall–Kier alpha value is -1.95. The first-order chi connectivity index (χ1) is 9.81. The van der Waals surface area contributed by atoms with Gasteiger partial charge in [0.25, 0.3) is 0 Å². The van der Waals surface area contributed by atoms with Gasteiger partial charge in [-0.1, -0.05) is 0 Å². The molecule has 2 rings (SSSR count). The average Bonchev–Trinajstić information content (AvgIpc) is 2.74. The fraction of sp³-hybridized carbons (Fsp3) is 0.267. The third kappa shape index (κ3) is 3.05. The van der Waals surface area contributed by atoms with Crippen LogP contribution in [0.15, 0.2) is 17.5 Å². The van der Waals surface area contributed by atoms with Gasteiger partial charge in [0.2, 0.25) is 0 Å². The van der Waals surface area contributed by atoms with Crippen LogP contribution in [0, 0.1) is 18.6 Å². The number of carbonyl (C=O) groups is 1. The van der Waals surface area contributed by atoms with Crippen LogP contribution in [0.5, 0.6) is 0 Å². The summed E-state index contributed by atoms with van der Waals surface area (Å²) in [5.74, 6) is -1.79. The van der Waals surface area contributed by atoms with Gasteiger partial charge in [-0.25, -0.2) is 13.6 Å². The Labute approximate surface area is 125 Å². The van der Waals surface area contributed by atoms with E-state index >= 15 is 0 Å². The lowest BCUT2D eigenvalue weighted by Gasteiger charge is -2.10. The SMILES string of the molecule is Cc1cc(F)c(-c2csc(N)c2C(=O)OC(C)C)cc1F. The van der Waals surface area contributed by atoms with E-state index in [4.69, 9.17) is 10.5 Å². The summed E-state index contributed by atoms with van der Waals surface area (Å²) in [6.07, 6.45) is -0.329. The molecule has 2 aromatic rings. The van der Waals surface area contributed by atoms with E-state index in [0.717, 1.165) is 23.5 Å². The van der Waals surface area contributed by atoms with E-state index in [1.54, 1.807) is 13.8 Å². The van der Waals surface area contributed by atoms with Crippen LogP contribution < -0.4 is 5.73 Å². The van der Waals surface area contributed by atoms with Gasteiger partial charge < -0.3 is 10.5 Å². The number of carbonyl (C=O) groups excluding carboxylic acids is 1. The monoisotopic (exact) mass is 311 g/mol. The first kappa shape index (κ1) is 15.4. The molecule has 0 saturated heterocycles. The maximum Gasteiger partial charge on any atom is 0.342 e. The second kappa shape index (κ2) is 5.81. The minimum absolute atomic E-state index is 0.00163. The van der Waals surface area contributed by atoms with Crippen LogP contribution in [0.2, 0.25) is 0 Å². The van der Waals surface area contributed by atoms with Gasteiger partial charge in [-0.3, -0.25) is 0 Å². The smallest absolute Gasteiger partial charge is 0.342 e. The lowest BCUT2D eigenvalue weighted by atomic mass is 10.0. The Bertz CT molecular complexity index is 695. The number of aryl methyl sites for hydroxylation is 1. The molecule has 0 radical (unpaired) electrons. The Kier molecular flexibility index (Phi) is 4.27. The summed E-state index contributed by atoms with van der Waals surface area (Å²) in [5, 5.41) is 1.75. The minimum atomic E-state index is -0.640. The molecule has 0 spiro atoms. The van der Waals surface area contributed by atoms with Gasteiger partial charge in [-0.2, -0.15) is 0 Å². The van der Waals surface area contributed by atoms with E-state index in [-0.39, 0.29) is 33.4 Å². The molecule has 1 heterocycles. The Balaban J connectivity index is 2.56. The quantitative estimate of drug-likeness (QED) is 0.866. The highest BCUT2D eigenvalue weighted by Gasteiger charge is 2.23. The van der Waals surface area contributed by atoms with Gasteiger partial charge in [-0.05, 0) is 38.5 Å². The molecule has 1 aromatic carbocycles. The van der Waals surface area contributed by atoms with E-state index in [0.29, 0.717) is 0 Å². The summed E-state index contributed by atoms with van der Waals surface area (Å²) >= 11 is 1.09. The van der Waals surface area contributed by atoms with Crippen molar-refractivity contribution < 1.29 is 18.3 Å². The largest absolute Gasteiger partial charge is 0.459 e. The number of halogens is 2. The van der Waals surface area contributed by atoms with Gasteiger partial charge in [-0.15, -0.1) is 11.3 Å². The predicted molar refractivity (Wildman–Crippen MR) is 79.4 cm³/mol. The number of rotatable bonds is 3. The maximum absolute atomic E-state index is 14.1. The molecular weight excluding hydrogens is 296 g/mol.